The zero-order valence-corrected chi connectivity index (χ0v) is 18.9. The van der Waals surface area contributed by atoms with Gasteiger partial charge < -0.3 is 14.3 Å². The molecule has 2 aromatic carbocycles. The molecule has 0 saturated carbocycles. The van der Waals surface area contributed by atoms with E-state index in [4.69, 9.17) is 4.74 Å². The SMILES string of the molecule is CC(C)(C)OC(=O)c1ccc(Cn2cc3cc(C#CCc4ncc[nH]4)ccc3cc2=O)cc1. The lowest BCUT2D eigenvalue weighted by molar-refractivity contribution is 0.00695. The number of pyridine rings is 1. The van der Waals surface area contributed by atoms with Crippen LogP contribution in [-0.4, -0.2) is 26.1 Å². The molecule has 0 saturated heterocycles. The van der Waals surface area contributed by atoms with Gasteiger partial charge in [-0.3, -0.25) is 4.79 Å². The first-order valence-corrected chi connectivity index (χ1v) is 10.7. The lowest BCUT2D eigenvalue weighted by Crippen LogP contribution is -2.24. The molecule has 0 aliphatic heterocycles. The van der Waals surface area contributed by atoms with Crippen LogP contribution in [0.2, 0.25) is 0 Å². The third-order valence-corrected chi connectivity index (χ3v) is 4.93. The highest BCUT2D eigenvalue weighted by molar-refractivity contribution is 5.89. The minimum atomic E-state index is -0.545. The molecular formula is C27H25N3O3. The van der Waals surface area contributed by atoms with Gasteiger partial charge in [0.1, 0.15) is 11.4 Å². The number of H-pyrrole nitrogens is 1. The second-order valence-corrected chi connectivity index (χ2v) is 8.80. The van der Waals surface area contributed by atoms with Gasteiger partial charge in [0.2, 0.25) is 0 Å². The second kappa shape index (κ2) is 9.17. The number of nitrogens with one attached hydrogen (secondary N) is 1. The van der Waals surface area contributed by atoms with Crippen molar-refractivity contribution in [2.24, 2.45) is 0 Å². The summed E-state index contributed by atoms with van der Waals surface area (Å²) in [5.74, 6) is 6.73. The Morgan fingerprint density at radius 3 is 2.58 bits per heavy atom. The summed E-state index contributed by atoms with van der Waals surface area (Å²) in [6.07, 6.45) is 5.87. The average Bonchev–Trinajstić information content (AvgIpc) is 3.27. The lowest BCUT2D eigenvalue weighted by atomic mass is 10.1. The summed E-state index contributed by atoms with van der Waals surface area (Å²) < 4.78 is 7.06. The Balaban J connectivity index is 1.52. The Bertz CT molecular complexity index is 1400. The maximum absolute atomic E-state index is 12.6. The average molecular weight is 440 g/mol. The molecule has 2 aromatic heterocycles. The molecule has 0 unspecified atom stereocenters. The standard InChI is InChI=1S/C27H25N3O3/c1-27(2,3)33-26(32)21-10-8-20(9-11-21)17-30-18-23-15-19(7-12-22(23)16-25(30)31)5-4-6-24-28-13-14-29-24/h7-16,18H,6,17H2,1-3H3,(H,28,29). The number of nitrogens with zero attached hydrogens (tertiary/aromatic N) is 2. The minimum absolute atomic E-state index is 0.0876. The van der Waals surface area contributed by atoms with Crippen molar-refractivity contribution in [3.63, 3.8) is 0 Å². The first kappa shape index (κ1) is 22.1. The van der Waals surface area contributed by atoms with E-state index in [9.17, 15) is 9.59 Å². The number of aromatic amines is 1. The summed E-state index contributed by atoms with van der Waals surface area (Å²) in [5, 5.41) is 1.80. The van der Waals surface area contributed by atoms with Gasteiger partial charge in [0.05, 0.1) is 18.5 Å². The van der Waals surface area contributed by atoms with Crippen LogP contribution in [0.5, 0.6) is 0 Å². The molecule has 0 bridgehead atoms. The number of ether oxygens (including phenoxy) is 1. The second-order valence-electron chi connectivity index (χ2n) is 8.80. The number of carbonyl (C=O) groups excluding carboxylic acids is 1. The smallest absolute Gasteiger partial charge is 0.338 e. The van der Waals surface area contributed by atoms with Crippen molar-refractivity contribution in [3.8, 4) is 11.8 Å². The molecule has 0 radical (unpaired) electrons. The normalized spacial score (nSPS) is 11.1. The molecule has 0 amide bonds. The Hall–Kier alpha value is -4.11. The molecule has 2 heterocycles. The maximum Gasteiger partial charge on any atom is 0.338 e. The van der Waals surface area contributed by atoms with Crippen molar-refractivity contribution in [2.75, 3.05) is 0 Å². The molecule has 6 nitrogen and oxygen atoms in total. The predicted octanol–water partition coefficient (Wildman–Crippen LogP) is 4.32. The number of fused-ring (bicyclic) bond motifs is 1. The number of hydrogen-bond donors (Lipinski definition) is 1. The number of benzene rings is 2. The molecule has 1 N–H and O–H groups in total. The van der Waals surface area contributed by atoms with Crippen LogP contribution in [-0.2, 0) is 17.7 Å². The Labute approximate surface area is 192 Å². The van der Waals surface area contributed by atoms with Crippen molar-refractivity contribution in [1.29, 1.82) is 0 Å². The third-order valence-electron chi connectivity index (χ3n) is 4.93. The Morgan fingerprint density at radius 1 is 1.09 bits per heavy atom. The molecule has 6 heteroatoms. The minimum Gasteiger partial charge on any atom is -0.456 e. The fourth-order valence-electron chi connectivity index (χ4n) is 3.37. The number of rotatable bonds is 4. The molecule has 4 aromatic rings. The van der Waals surface area contributed by atoms with E-state index in [-0.39, 0.29) is 11.5 Å². The first-order chi connectivity index (χ1) is 15.8. The summed E-state index contributed by atoms with van der Waals surface area (Å²) >= 11 is 0. The monoisotopic (exact) mass is 439 g/mol. The molecule has 4 rings (SSSR count). The molecule has 0 atom stereocenters. The molecular weight excluding hydrogens is 414 g/mol. The van der Waals surface area contributed by atoms with Crippen LogP contribution in [0.4, 0.5) is 0 Å². The first-order valence-electron chi connectivity index (χ1n) is 10.7. The third kappa shape index (κ3) is 5.78. The number of carbonyl (C=O) groups is 1. The van der Waals surface area contributed by atoms with E-state index in [0.29, 0.717) is 18.5 Å². The number of aromatic nitrogens is 3. The fourth-order valence-corrected chi connectivity index (χ4v) is 3.37. The van der Waals surface area contributed by atoms with Crippen LogP contribution in [0.25, 0.3) is 10.8 Å². The zero-order valence-electron chi connectivity index (χ0n) is 18.9. The van der Waals surface area contributed by atoms with Crippen LogP contribution >= 0.6 is 0 Å². The van der Waals surface area contributed by atoms with Gasteiger partial charge in [-0.25, -0.2) is 9.78 Å². The van der Waals surface area contributed by atoms with Gasteiger partial charge in [0, 0.05) is 30.2 Å². The number of esters is 1. The van der Waals surface area contributed by atoms with Crippen molar-refractivity contribution in [2.45, 2.75) is 39.3 Å². The molecule has 33 heavy (non-hydrogen) atoms. The zero-order chi connectivity index (χ0) is 23.4. The topological polar surface area (TPSA) is 77.0 Å². The maximum atomic E-state index is 12.6. The number of hydrogen-bond acceptors (Lipinski definition) is 4. The Kier molecular flexibility index (Phi) is 6.14. The molecule has 0 aliphatic rings. The molecule has 0 aliphatic carbocycles. The van der Waals surface area contributed by atoms with Crippen LogP contribution in [0.15, 0.2) is 71.9 Å². The quantitative estimate of drug-likeness (QED) is 0.379. The van der Waals surface area contributed by atoms with E-state index in [1.54, 1.807) is 35.2 Å². The molecule has 0 fully saturated rings. The van der Waals surface area contributed by atoms with E-state index in [0.717, 1.165) is 27.7 Å². The van der Waals surface area contributed by atoms with E-state index in [1.165, 1.54) is 0 Å². The van der Waals surface area contributed by atoms with Gasteiger partial charge in [0.25, 0.3) is 5.56 Å². The molecule has 166 valence electrons. The Morgan fingerprint density at radius 2 is 1.88 bits per heavy atom. The van der Waals surface area contributed by atoms with Crippen LogP contribution < -0.4 is 5.56 Å². The van der Waals surface area contributed by atoms with Gasteiger partial charge >= 0.3 is 5.97 Å². The molecule has 0 spiro atoms. The van der Waals surface area contributed by atoms with Crippen molar-refractivity contribution in [3.05, 3.63) is 100.0 Å². The highest BCUT2D eigenvalue weighted by Crippen LogP contribution is 2.16. The van der Waals surface area contributed by atoms with Crippen molar-refractivity contribution < 1.29 is 9.53 Å². The largest absolute Gasteiger partial charge is 0.456 e. The fraction of sp³-hybridized carbons (Fsp3) is 0.222. The highest BCUT2D eigenvalue weighted by atomic mass is 16.6. The summed E-state index contributed by atoms with van der Waals surface area (Å²) in [6, 6.07) is 14.6. The highest BCUT2D eigenvalue weighted by Gasteiger charge is 2.17. The lowest BCUT2D eigenvalue weighted by Gasteiger charge is -2.19. The van der Waals surface area contributed by atoms with E-state index in [2.05, 4.69) is 21.8 Å². The van der Waals surface area contributed by atoms with E-state index < -0.39 is 5.60 Å². The number of imidazole rings is 1. The van der Waals surface area contributed by atoms with Gasteiger partial charge in [-0.1, -0.05) is 30.0 Å². The van der Waals surface area contributed by atoms with Crippen LogP contribution in [0, 0.1) is 11.8 Å². The van der Waals surface area contributed by atoms with E-state index >= 15 is 0 Å². The van der Waals surface area contributed by atoms with Crippen molar-refractivity contribution >= 4 is 16.7 Å². The van der Waals surface area contributed by atoms with Gasteiger partial charge in [-0.2, -0.15) is 0 Å². The van der Waals surface area contributed by atoms with Crippen LogP contribution in [0.1, 0.15) is 48.1 Å². The summed E-state index contributed by atoms with van der Waals surface area (Å²) in [5.41, 5.74) is 1.64. The van der Waals surface area contributed by atoms with Crippen LogP contribution in [0.3, 0.4) is 0 Å². The van der Waals surface area contributed by atoms with Gasteiger partial charge in [-0.05, 0) is 61.4 Å². The van der Waals surface area contributed by atoms with E-state index in [1.807, 2.05) is 57.3 Å². The van der Waals surface area contributed by atoms with Gasteiger partial charge in [0.15, 0.2) is 0 Å². The summed E-state index contributed by atoms with van der Waals surface area (Å²) in [7, 11) is 0. The summed E-state index contributed by atoms with van der Waals surface area (Å²) in [6.45, 7) is 5.91. The predicted molar refractivity (Wildman–Crippen MR) is 128 cm³/mol. The van der Waals surface area contributed by atoms with Crippen molar-refractivity contribution in [1.82, 2.24) is 14.5 Å². The summed E-state index contributed by atoms with van der Waals surface area (Å²) in [4.78, 5) is 32.0. The van der Waals surface area contributed by atoms with Gasteiger partial charge in [-0.15, -0.1) is 0 Å².